The summed E-state index contributed by atoms with van der Waals surface area (Å²) >= 11 is 3.51. The van der Waals surface area contributed by atoms with Crippen LogP contribution in [0.4, 0.5) is 22.2 Å². The molecule has 0 atom stereocenters. The number of carbonyl (C=O) groups is 1. The Morgan fingerprint density at radius 3 is 2.30 bits per heavy atom. The summed E-state index contributed by atoms with van der Waals surface area (Å²) in [5.41, 5.74) is 5.49. The molecule has 0 unspecified atom stereocenters. The molecule has 7 nitrogen and oxygen atoms in total. The third-order valence-corrected chi connectivity index (χ3v) is 7.17. The van der Waals surface area contributed by atoms with E-state index in [1.807, 2.05) is 26.0 Å². The van der Waals surface area contributed by atoms with E-state index in [-0.39, 0.29) is 12.1 Å². The van der Waals surface area contributed by atoms with E-state index in [9.17, 15) is 4.79 Å². The number of anilines is 3. The van der Waals surface area contributed by atoms with E-state index in [0.29, 0.717) is 6.04 Å². The monoisotopic (exact) mass is 514 g/mol. The first-order valence-electron chi connectivity index (χ1n) is 12.0. The molecule has 0 saturated heterocycles. The number of hydrogen-bond acceptors (Lipinski definition) is 5. The molecule has 1 fully saturated rings. The molecule has 2 amide bonds. The van der Waals surface area contributed by atoms with Crippen LogP contribution in [-0.2, 0) is 12.8 Å². The van der Waals surface area contributed by atoms with Gasteiger partial charge in [-0.1, -0.05) is 15.9 Å². The van der Waals surface area contributed by atoms with E-state index in [4.69, 9.17) is 9.97 Å². The van der Waals surface area contributed by atoms with Crippen LogP contribution in [0.5, 0.6) is 0 Å². The summed E-state index contributed by atoms with van der Waals surface area (Å²) < 4.78 is 1.02. The number of carbonyl (C=O) groups excluding carboxylic acids is 1. The minimum Gasteiger partial charge on any atom is -0.362 e. The van der Waals surface area contributed by atoms with E-state index in [1.54, 1.807) is 0 Å². The maximum absolute atomic E-state index is 12.6. The van der Waals surface area contributed by atoms with Gasteiger partial charge in [-0.25, -0.2) is 9.78 Å². The number of amides is 2. The highest BCUT2D eigenvalue weighted by atomic mass is 79.9. The lowest BCUT2D eigenvalue weighted by Gasteiger charge is -2.30. The molecule has 1 aromatic heterocycles. The summed E-state index contributed by atoms with van der Waals surface area (Å²) in [6, 6.07) is 4.42. The number of aromatic nitrogens is 2. The Morgan fingerprint density at radius 1 is 1.00 bits per heavy atom. The molecule has 4 rings (SSSR count). The number of fused-ring (bicyclic) bond motifs is 1. The van der Waals surface area contributed by atoms with E-state index in [1.165, 1.54) is 24.1 Å². The predicted molar refractivity (Wildman–Crippen MR) is 138 cm³/mol. The van der Waals surface area contributed by atoms with Crippen molar-refractivity contribution in [3.63, 3.8) is 0 Å². The molecule has 178 valence electrons. The van der Waals surface area contributed by atoms with Crippen LogP contribution < -0.4 is 20.9 Å². The van der Waals surface area contributed by atoms with Crippen molar-refractivity contribution in [3.8, 4) is 0 Å². The standard InChI is InChI=1S/C25H35BrN6O/c1-15-13-17(26)14-16(2)22(15)30-25(33)28-19-11-9-18(10-12-19)27-24-29-21-8-6-5-7-20(21)23(31-24)32(3)4/h13-14,18-19H,5-12H2,1-4H3,(H,27,29,31)(H2,28,30,33)/t18-,19+. The first-order chi connectivity index (χ1) is 15.8. The topological polar surface area (TPSA) is 82.2 Å². The van der Waals surface area contributed by atoms with Crippen molar-refractivity contribution < 1.29 is 4.79 Å². The molecule has 0 radical (unpaired) electrons. The Hall–Kier alpha value is -2.35. The number of benzene rings is 1. The van der Waals surface area contributed by atoms with Gasteiger partial charge < -0.3 is 20.9 Å². The average molecular weight is 516 g/mol. The molecule has 2 aromatic rings. The van der Waals surface area contributed by atoms with E-state index in [0.717, 1.165) is 71.6 Å². The molecule has 2 aliphatic rings. The van der Waals surface area contributed by atoms with Gasteiger partial charge in [0.15, 0.2) is 0 Å². The fourth-order valence-corrected chi connectivity index (χ4v) is 5.70. The van der Waals surface area contributed by atoms with Crippen LogP contribution in [0.25, 0.3) is 0 Å². The van der Waals surface area contributed by atoms with Crippen LogP contribution in [0, 0.1) is 13.8 Å². The number of hydrogen-bond donors (Lipinski definition) is 3. The second-order valence-corrected chi connectivity index (χ2v) is 10.5. The largest absolute Gasteiger partial charge is 0.362 e. The van der Waals surface area contributed by atoms with Crippen LogP contribution >= 0.6 is 15.9 Å². The highest BCUT2D eigenvalue weighted by Crippen LogP contribution is 2.30. The van der Waals surface area contributed by atoms with Crippen LogP contribution in [0.15, 0.2) is 16.6 Å². The van der Waals surface area contributed by atoms with Gasteiger partial charge in [0.2, 0.25) is 5.95 Å². The minimum atomic E-state index is -0.131. The van der Waals surface area contributed by atoms with Crippen LogP contribution in [0.1, 0.15) is 60.9 Å². The highest BCUT2D eigenvalue weighted by molar-refractivity contribution is 9.10. The van der Waals surface area contributed by atoms with Gasteiger partial charge in [0.25, 0.3) is 0 Å². The first kappa shape index (κ1) is 23.8. The zero-order valence-corrected chi connectivity index (χ0v) is 21.7. The quantitative estimate of drug-likeness (QED) is 0.501. The molecule has 0 bridgehead atoms. The summed E-state index contributed by atoms with van der Waals surface area (Å²) in [6.45, 7) is 4.02. The Bertz CT molecular complexity index is 993. The summed E-state index contributed by atoms with van der Waals surface area (Å²) in [5, 5.41) is 9.78. The second-order valence-electron chi connectivity index (χ2n) is 9.60. The fourth-order valence-electron chi connectivity index (χ4n) is 5.02. The lowest BCUT2D eigenvalue weighted by molar-refractivity contribution is 0.243. The number of halogens is 1. The number of aryl methyl sites for hydroxylation is 3. The van der Waals surface area contributed by atoms with E-state index in [2.05, 4.69) is 50.9 Å². The Morgan fingerprint density at radius 2 is 1.64 bits per heavy atom. The molecular weight excluding hydrogens is 480 g/mol. The molecule has 0 aliphatic heterocycles. The lowest BCUT2D eigenvalue weighted by Crippen LogP contribution is -2.42. The Balaban J connectivity index is 1.31. The maximum Gasteiger partial charge on any atom is 0.319 e. The van der Waals surface area contributed by atoms with Gasteiger partial charge >= 0.3 is 6.03 Å². The van der Waals surface area contributed by atoms with Gasteiger partial charge in [-0.3, -0.25) is 0 Å². The molecular formula is C25H35BrN6O. The molecule has 33 heavy (non-hydrogen) atoms. The molecule has 1 saturated carbocycles. The maximum atomic E-state index is 12.6. The summed E-state index contributed by atoms with van der Waals surface area (Å²) in [4.78, 5) is 24.4. The van der Waals surface area contributed by atoms with Crippen molar-refractivity contribution in [1.82, 2.24) is 15.3 Å². The fraction of sp³-hybridized carbons (Fsp3) is 0.560. The van der Waals surface area contributed by atoms with Gasteiger partial charge in [0.1, 0.15) is 5.82 Å². The highest BCUT2D eigenvalue weighted by Gasteiger charge is 2.25. The predicted octanol–water partition coefficient (Wildman–Crippen LogP) is 5.35. The van der Waals surface area contributed by atoms with Crippen LogP contribution in [-0.4, -0.2) is 42.2 Å². The van der Waals surface area contributed by atoms with Crippen LogP contribution in [0.2, 0.25) is 0 Å². The van der Waals surface area contributed by atoms with Crippen molar-refractivity contribution in [1.29, 1.82) is 0 Å². The normalized spacial score (nSPS) is 20.0. The van der Waals surface area contributed by atoms with Gasteiger partial charge in [-0.05, 0) is 88.5 Å². The number of nitrogens with one attached hydrogen (secondary N) is 3. The summed E-state index contributed by atoms with van der Waals surface area (Å²) in [5.74, 6) is 1.79. The second kappa shape index (κ2) is 10.3. The van der Waals surface area contributed by atoms with Gasteiger partial charge in [-0.2, -0.15) is 4.98 Å². The number of nitrogens with zero attached hydrogens (tertiary/aromatic N) is 3. The third kappa shape index (κ3) is 5.78. The van der Waals surface area contributed by atoms with Crippen molar-refractivity contribution in [2.24, 2.45) is 0 Å². The molecule has 1 aromatic carbocycles. The zero-order valence-electron chi connectivity index (χ0n) is 20.1. The minimum absolute atomic E-state index is 0.131. The van der Waals surface area contributed by atoms with Crippen molar-refractivity contribution in [3.05, 3.63) is 39.0 Å². The first-order valence-corrected chi connectivity index (χ1v) is 12.8. The van der Waals surface area contributed by atoms with Gasteiger partial charge in [0.05, 0.1) is 5.69 Å². The smallest absolute Gasteiger partial charge is 0.319 e. The van der Waals surface area contributed by atoms with Gasteiger partial charge in [-0.15, -0.1) is 0 Å². The third-order valence-electron chi connectivity index (χ3n) is 6.72. The molecule has 3 N–H and O–H groups in total. The Labute approximate surface area is 205 Å². The SMILES string of the molecule is Cc1cc(Br)cc(C)c1NC(=O)N[C@H]1CC[C@@H](Nc2nc3c(c(N(C)C)n2)CCCC3)CC1. The zero-order chi connectivity index (χ0) is 23.5. The molecule has 2 aliphatic carbocycles. The molecule has 8 heteroatoms. The number of rotatable bonds is 5. The average Bonchev–Trinajstić information content (AvgIpc) is 2.77. The van der Waals surface area contributed by atoms with E-state index >= 15 is 0 Å². The molecule has 0 spiro atoms. The van der Waals surface area contributed by atoms with Gasteiger partial charge in [0, 0.05) is 41.9 Å². The van der Waals surface area contributed by atoms with Crippen molar-refractivity contribution in [2.45, 2.75) is 77.3 Å². The molecule has 1 heterocycles. The number of urea groups is 1. The van der Waals surface area contributed by atoms with E-state index < -0.39 is 0 Å². The Kier molecular flexibility index (Phi) is 7.41. The lowest BCUT2D eigenvalue weighted by atomic mass is 9.91. The van der Waals surface area contributed by atoms with Crippen LogP contribution in [0.3, 0.4) is 0 Å². The summed E-state index contributed by atoms with van der Waals surface area (Å²) in [6.07, 6.45) is 8.38. The summed E-state index contributed by atoms with van der Waals surface area (Å²) in [7, 11) is 4.11. The van der Waals surface area contributed by atoms with Crippen molar-refractivity contribution in [2.75, 3.05) is 29.6 Å². The van der Waals surface area contributed by atoms with Crippen molar-refractivity contribution >= 4 is 39.4 Å².